The highest BCUT2D eigenvalue weighted by atomic mass is 79.9. The average Bonchev–Trinajstić information content (AvgIpc) is 2.85. The van der Waals surface area contributed by atoms with Gasteiger partial charge in [-0.15, -0.1) is 0 Å². The summed E-state index contributed by atoms with van der Waals surface area (Å²) >= 11 is 3.45. The van der Waals surface area contributed by atoms with Gasteiger partial charge in [-0.25, -0.2) is 4.98 Å². The Hall–Kier alpha value is -1.40. The molecule has 0 saturated carbocycles. The van der Waals surface area contributed by atoms with Gasteiger partial charge in [0.2, 0.25) is 0 Å². The van der Waals surface area contributed by atoms with E-state index in [1.807, 2.05) is 18.2 Å². The molecule has 4 N–H and O–H groups in total. The molecule has 0 unspecified atom stereocenters. The van der Waals surface area contributed by atoms with Crippen LogP contribution in [0, 0.1) is 5.92 Å². The van der Waals surface area contributed by atoms with Crippen LogP contribution in [-0.2, 0) is 11.8 Å². The molecule has 102 valence electrons. The van der Waals surface area contributed by atoms with Gasteiger partial charge in [0.25, 0.3) is 0 Å². The molecule has 0 atom stereocenters. The third-order valence-electron chi connectivity index (χ3n) is 2.80. The number of nitrogens with zero attached hydrogens (tertiary/aromatic N) is 2. The van der Waals surface area contributed by atoms with Gasteiger partial charge in [0, 0.05) is 17.3 Å². The minimum atomic E-state index is 0.558. The Morgan fingerprint density at radius 3 is 2.84 bits per heavy atom. The van der Waals surface area contributed by atoms with Gasteiger partial charge in [0.1, 0.15) is 5.82 Å². The number of nitrogen functional groups attached to an aromatic ring is 1. The van der Waals surface area contributed by atoms with E-state index in [-0.39, 0.29) is 0 Å². The van der Waals surface area contributed by atoms with E-state index < -0.39 is 0 Å². The minimum Gasteiger partial charge on any atom is -0.324 e. The first kappa shape index (κ1) is 14.0. The average molecular weight is 324 g/mol. The van der Waals surface area contributed by atoms with Crippen molar-refractivity contribution in [2.75, 3.05) is 5.43 Å². The van der Waals surface area contributed by atoms with Crippen molar-refractivity contribution in [1.82, 2.24) is 15.2 Å². The Labute approximate surface area is 121 Å². The maximum absolute atomic E-state index is 5.47. The summed E-state index contributed by atoms with van der Waals surface area (Å²) in [6.07, 6.45) is 0.904. The second kappa shape index (κ2) is 6.16. The fraction of sp³-hybridized carbons (Fsp3) is 0.385. The summed E-state index contributed by atoms with van der Waals surface area (Å²) in [5.74, 6) is 7.67. The molecule has 0 amide bonds. The first-order chi connectivity index (χ1) is 9.13. The van der Waals surface area contributed by atoms with Crippen LogP contribution in [0.25, 0.3) is 11.4 Å². The summed E-state index contributed by atoms with van der Waals surface area (Å²) < 4.78 is 0. The largest absolute Gasteiger partial charge is 0.324 e. The van der Waals surface area contributed by atoms with Crippen LogP contribution in [-0.4, -0.2) is 15.2 Å². The molecule has 2 aromatic rings. The van der Waals surface area contributed by atoms with Crippen molar-refractivity contribution in [3.8, 4) is 11.4 Å². The molecule has 19 heavy (non-hydrogen) atoms. The summed E-state index contributed by atoms with van der Waals surface area (Å²) in [4.78, 5) is 4.52. The van der Waals surface area contributed by atoms with E-state index in [4.69, 9.17) is 5.84 Å². The van der Waals surface area contributed by atoms with Gasteiger partial charge in [0.15, 0.2) is 5.82 Å². The van der Waals surface area contributed by atoms with Crippen LogP contribution < -0.4 is 11.3 Å². The zero-order chi connectivity index (χ0) is 13.8. The predicted octanol–water partition coefficient (Wildman–Crippen LogP) is 2.85. The maximum atomic E-state index is 5.47. The fourth-order valence-electron chi connectivity index (χ4n) is 1.89. The van der Waals surface area contributed by atoms with E-state index in [0.717, 1.165) is 40.2 Å². The molecule has 6 heteroatoms. The summed E-state index contributed by atoms with van der Waals surface area (Å²) in [5, 5.41) is 7.98. The van der Waals surface area contributed by atoms with E-state index in [1.54, 1.807) is 0 Å². The minimum absolute atomic E-state index is 0.558. The highest BCUT2D eigenvalue weighted by molar-refractivity contribution is 9.08. The monoisotopic (exact) mass is 323 g/mol. The van der Waals surface area contributed by atoms with E-state index in [1.165, 1.54) is 0 Å². The van der Waals surface area contributed by atoms with Crippen LogP contribution in [0.2, 0.25) is 0 Å². The third kappa shape index (κ3) is 3.33. The van der Waals surface area contributed by atoms with Crippen molar-refractivity contribution in [2.45, 2.75) is 25.6 Å². The molecule has 1 aromatic carbocycles. The van der Waals surface area contributed by atoms with Gasteiger partial charge in [0.05, 0.1) is 5.69 Å². The topological polar surface area (TPSA) is 79.6 Å². The van der Waals surface area contributed by atoms with Crippen LogP contribution in [0.1, 0.15) is 25.2 Å². The Bertz CT molecular complexity index is 550. The number of hydrazine groups is 1. The van der Waals surface area contributed by atoms with Crippen molar-refractivity contribution >= 4 is 21.6 Å². The molecule has 0 radical (unpaired) electrons. The van der Waals surface area contributed by atoms with Crippen LogP contribution >= 0.6 is 15.9 Å². The van der Waals surface area contributed by atoms with E-state index in [9.17, 15) is 0 Å². The lowest BCUT2D eigenvalue weighted by Gasteiger charge is -2.07. The molecule has 0 fully saturated rings. The number of halogens is 1. The quantitative estimate of drug-likeness (QED) is 0.449. The lowest BCUT2D eigenvalue weighted by Crippen LogP contribution is -2.08. The second-order valence-electron chi connectivity index (χ2n) is 4.85. The van der Waals surface area contributed by atoms with Crippen molar-refractivity contribution in [3.63, 3.8) is 0 Å². The lowest BCUT2D eigenvalue weighted by molar-refractivity contribution is 0.622. The number of benzene rings is 1. The molecule has 0 saturated heterocycles. The zero-order valence-corrected chi connectivity index (χ0v) is 12.7. The normalized spacial score (nSPS) is 11.0. The molecule has 0 aliphatic carbocycles. The number of anilines is 1. The lowest BCUT2D eigenvalue weighted by atomic mass is 10.1. The van der Waals surface area contributed by atoms with E-state index in [0.29, 0.717) is 5.92 Å². The summed E-state index contributed by atoms with van der Waals surface area (Å²) in [7, 11) is 0. The third-order valence-corrected chi connectivity index (χ3v) is 3.40. The molecule has 1 heterocycles. The summed E-state index contributed by atoms with van der Waals surface area (Å²) in [5.41, 5.74) is 5.64. The first-order valence-corrected chi connectivity index (χ1v) is 7.33. The van der Waals surface area contributed by atoms with Gasteiger partial charge in [-0.3, -0.25) is 10.9 Å². The Morgan fingerprint density at radius 2 is 2.21 bits per heavy atom. The van der Waals surface area contributed by atoms with Crippen LogP contribution in [0.3, 0.4) is 0 Å². The number of nitrogens with two attached hydrogens (primary N) is 1. The number of alkyl halides is 1. The Morgan fingerprint density at radius 1 is 1.42 bits per heavy atom. The van der Waals surface area contributed by atoms with Gasteiger partial charge in [-0.1, -0.05) is 29.8 Å². The van der Waals surface area contributed by atoms with Crippen LogP contribution in [0.4, 0.5) is 5.69 Å². The number of aromatic nitrogens is 3. The number of nitrogens with one attached hydrogen (secondary N) is 2. The fourth-order valence-corrected chi connectivity index (χ4v) is 2.35. The number of hydrogen-bond donors (Lipinski definition) is 3. The van der Waals surface area contributed by atoms with E-state index in [2.05, 4.69) is 50.4 Å². The molecular weight excluding hydrogens is 306 g/mol. The number of H-pyrrole nitrogens is 1. The highest BCUT2D eigenvalue weighted by Gasteiger charge is 2.09. The molecular formula is C13H18BrN5. The molecule has 5 nitrogen and oxygen atoms in total. The van der Waals surface area contributed by atoms with Crippen LogP contribution in [0.5, 0.6) is 0 Å². The molecule has 0 spiro atoms. The van der Waals surface area contributed by atoms with Crippen molar-refractivity contribution < 1.29 is 0 Å². The number of aromatic amines is 1. The first-order valence-electron chi connectivity index (χ1n) is 6.21. The van der Waals surface area contributed by atoms with Crippen molar-refractivity contribution in [1.29, 1.82) is 0 Å². The molecule has 2 rings (SSSR count). The van der Waals surface area contributed by atoms with E-state index >= 15 is 0 Å². The van der Waals surface area contributed by atoms with Gasteiger partial charge in [-0.05, 0) is 29.7 Å². The summed E-state index contributed by atoms with van der Waals surface area (Å²) in [6.45, 7) is 4.32. The number of hydrogen-bond acceptors (Lipinski definition) is 4. The number of rotatable bonds is 5. The van der Waals surface area contributed by atoms with Gasteiger partial charge < -0.3 is 5.43 Å². The molecule has 1 aromatic heterocycles. The molecule has 0 bridgehead atoms. The van der Waals surface area contributed by atoms with Crippen molar-refractivity contribution in [2.24, 2.45) is 11.8 Å². The zero-order valence-electron chi connectivity index (χ0n) is 11.1. The van der Waals surface area contributed by atoms with Gasteiger partial charge in [-0.2, -0.15) is 5.10 Å². The predicted molar refractivity (Wildman–Crippen MR) is 80.8 cm³/mol. The van der Waals surface area contributed by atoms with Gasteiger partial charge >= 0.3 is 0 Å². The second-order valence-corrected chi connectivity index (χ2v) is 5.41. The Balaban J connectivity index is 2.28. The highest BCUT2D eigenvalue weighted by Crippen LogP contribution is 2.24. The SMILES string of the molecule is CC(C)Cc1nc(-c2ccc(NN)c(CBr)c2)n[nH]1. The molecule has 0 aliphatic rings. The smallest absolute Gasteiger partial charge is 0.181 e. The molecule has 0 aliphatic heterocycles. The standard InChI is InChI=1S/C13H18BrN5/c1-8(2)5-12-16-13(19-18-12)9-3-4-11(17-15)10(6-9)7-14/h3-4,6,8,17H,5,7,15H2,1-2H3,(H,16,18,19). The van der Waals surface area contributed by atoms with Crippen LogP contribution in [0.15, 0.2) is 18.2 Å². The Kier molecular flexibility index (Phi) is 4.55. The van der Waals surface area contributed by atoms with Crippen molar-refractivity contribution in [3.05, 3.63) is 29.6 Å². The maximum Gasteiger partial charge on any atom is 0.181 e. The summed E-state index contributed by atoms with van der Waals surface area (Å²) in [6, 6.07) is 5.93.